The minimum Gasteiger partial charge on any atom is -0.311 e. The fraction of sp³-hybridized carbons (Fsp3) is 1.00. The zero-order valence-corrected chi connectivity index (χ0v) is 11.9. The van der Waals surface area contributed by atoms with E-state index in [1.165, 1.54) is 64.2 Å². The van der Waals surface area contributed by atoms with Gasteiger partial charge in [-0.2, -0.15) is 0 Å². The Morgan fingerprint density at radius 2 is 1.59 bits per heavy atom. The van der Waals surface area contributed by atoms with Crippen molar-refractivity contribution < 1.29 is 0 Å². The number of hydrogen-bond donors (Lipinski definition) is 1. The molecule has 1 heteroatoms. The molecule has 2 saturated carbocycles. The van der Waals surface area contributed by atoms with Crippen molar-refractivity contribution in [2.24, 2.45) is 11.8 Å². The highest BCUT2D eigenvalue weighted by atomic mass is 15.0. The maximum Gasteiger partial charge on any atom is 0.00952 e. The first-order valence-electron chi connectivity index (χ1n) is 8.05. The molecule has 0 saturated heterocycles. The van der Waals surface area contributed by atoms with Crippen molar-refractivity contribution in [1.82, 2.24) is 5.32 Å². The maximum absolute atomic E-state index is 4.00. The normalized spacial score (nSPS) is 33.5. The lowest BCUT2D eigenvalue weighted by molar-refractivity contribution is 0.214. The second-order valence-electron chi connectivity index (χ2n) is 6.54. The third-order valence-corrected chi connectivity index (χ3v) is 5.12. The van der Waals surface area contributed by atoms with Crippen molar-refractivity contribution in [2.45, 2.75) is 90.1 Å². The smallest absolute Gasteiger partial charge is 0.00952 e. The lowest BCUT2D eigenvalue weighted by atomic mass is 9.81. The molecule has 17 heavy (non-hydrogen) atoms. The Balaban J connectivity index is 1.78. The monoisotopic (exact) mass is 237 g/mol. The summed E-state index contributed by atoms with van der Waals surface area (Å²) in [6, 6.07) is 1.65. The van der Waals surface area contributed by atoms with Gasteiger partial charge < -0.3 is 5.32 Å². The fourth-order valence-corrected chi connectivity index (χ4v) is 3.85. The van der Waals surface area contributed by atoms with Crippen LogP contribution in [0.3, 0.4) is 0 Å². The molecule has 2 rings (SSSR count). The van der Waals surface area contributed by atoms with Crippen LogP contribution in [0, 0.1) is 11.8 Å². The summed E-state index contributed by atoms with van der Waals surface area (Å²) < 4.78 is 0. The summed E-state index contributed by atoms with van der Waals surface area (Å²) in [5.74, 6) is 1.95. The van der Waals surface area contributed by atoms with Gasteiger partial charge >= 0.3 is 0 Å². The van der Waals surface area contributed by atoms with E-state index in [2.05, 4.69) is 19.2 Å². The average Bonchev–Trinajstić information content (AvgIpc) is 2.39. The fourth-order valence-electron chi connectivity index (χ4n) is 3.85. The van der Waals surface area contributed by atoms with Crippen molar-refractivity contribution >= 4 is 0 Å². The Hall–Kier alpha value is -0.0400. The van der Waals surface area contributed by atoms with Gasteiger partial charge in [0.2, 0.25) is 0 Å². The summed E-state index contributed by atoms with van der Waals surface area (Å²) >= 11 is 0. The molecule has 0 aromatic heterocycles. The zero-order chi connectivity index (χ0) is 12.1. The first-order chi connectivity index (χ1) is 8.29. The summed E-state index contributed by atoms with van der Waals surface area (Å²) in [4.78, 5) is 0. The van der Waals surface area contributed by atoms with Crippen molar-refractivity contribution in [3.8, 4) is 0 Å². The van der Waals surface area contributed by atoms with E-state index < -0.39 is 0 Å². The van der Waals surface area contributed by atoms with Gasteiger partial charge in [0.1, 0.15) is 0 Å². The van der Waals surface area contributed by atoms with Crippen LogP contribution < -0.4 is 5.32 Å². The summed E-state index contributed by atoms with van der Waals surface area (Å²) in [5, 5.41) is 4.00. The Morgan fingerprint density at radius 1 is 0.941 bits per heavy atom. The van der Waals surface area contributed by atoms with Crippen LogP contribution >= 0.6 is 0 Å². The van der Waals surface area contributed by atoms with Gasteiger partial charge in [0, 0.05) is 12.1 Å². The zero-order valence-electron chi connectivity index (χ0n) is 11.9. The molecule has 0 heterocycles. The van der Waals surface area contributed by atoms with Gasteiger partial charge in [-0.1, -0.05) is 33.1 Å². The van der Waals surface area contributed by atoms with E-state index in [9.17, 15) is 0 Å². The molecule has 0 aromatic carbocycles. The first-order valence-corrected chi connectivity index (χ1v) is 8.05. The summed E-state index contributed by atoms with van der Waals surface area (Å²) in [5.41, 5.74) is 0. The van der Waals surface area contributed by atoms with Crippen LogP contribution in [-0.4, -0.2) is 12.1 Å². The molecule has 0 bridgehead atoms. The van der Waals surface area contributed by atoms with Crippen LogP contribution in [0.25, 0.3) is 0 Å². The Labute approximate surface area is 108 Å². The Morgan fingerprint density at radius 3 is 2.18 bits per heavy atom. The second kappa shape index (κ2) is 6.78. The molecular weight excluding hydrogens is 206 g/mol. The molecule has 0 aromatic rings. The molecule has 0 spiro atoms. The Kier molecular flexibility index (Phi) is 5.34. The quantitative estimate of drug-likeness (QED) is 0.758. The molecule has 2 fully saturated rings. The van der Waals surface area contributed by atoms with Crippen LogP contribution in [-0.2, 0) is 0 Å². The van der Waals surface area contributed by atoms with E-state index in [1.54, 1.807) is 0 Å². The first kappa shape index (κ1) is 13.4. The molecule has 1 atom stereocenters. The van der Waals surface area contributed by atoms with Gasteiger partial charge in [0.25, 0.3) is 0 Å². The van der Waals surface area contributed by atoms with E-state index in [0.717, 1.165) is 23.9 Å². The van der Waals surface area contributed by atoms with Crippen molar-refractivity contribution in [1.29, 1.82) is 0 Å². The molecule has 0 amide bonds. The molecule has 100 valence electrons. The van der Waals surface area contributed by atoms with Gasteiger partial charge in [-0.3, -0.25) is 0 Å². The van der Waals surface area contributed by atoms with Crippen molar-refractivity contribution in [3.05, 3.63) is 0 Å². The maximum atomic E-state index is 4.00. The number of hydrogen-bond acceptors (Lipinski definition) is 1. The average molecular weight is 237 g/mol. The summed E-state index contributed by atoms with van der Waals surface area (Å²) in [6.07, 6.45) is 14.5. The molecule has 0 radical (unpaired) electrons. The van der Waals surface area contributed by atoms with Gasteiger partial charge in [0.05, 0.1) is 0 Å². The Bertz CT molecular complexity index is 200. The van der Waals surface area contributed by atoms with Crippen LogP contribution in [0.5, 0.6) is 0 Å². The van der Waals surface area contributed by atoms with Gasteiger partial charge in [-0.25, -0.2) is 0 Å². The van der Waals surface area contributed by atoms with Crippen molar-refractivity contribution in [3.63, 3.8) is 0 Å². The van der Waals surface area contributed by atoms with Gasteiger partial charge in [0.15, 0.2) is 0 Å². The third kappa shape index (κ3) is 3.98. The summed E-state index contributed by atoms with van der Waals surface area (Å²) in [6.45, 7) is 4.78. The molecule has 1 nitrogen and oxygen atoms in total. The predicted molar refractivity (Wildman–Crippen MR) is 75.2 cm³/mol. The van der Waals surface area contributed by atoms with E-state index in [4.69, 9.17) is 0 Å². The van der Waals surface area contributed by atoms with E-state index in [-0.39, 0.29) is 0 Å². The molecule has 1 N–H and O–H groups in total. The molecule has 2 aliphatic rings. The lowest BCUT2D eigenvalue weighted by Gasteiger charge is -2.36. The minimum atomic E-state index is 0.814. The largest absolute Gasteiger partial charge is 0.311 e. The molecule has 1 unspecified atom stereocenters. The van der Waals surface area contributed by atoms with Gasteiger partial charge in [-0.05, 0) is 56.8 Å². The number of nitrogens with one attached hydrogen (secondary N) is 1. The van der Waals surface area contributed by atoms with Crippen LogP contribution in [0.1, 0.15) is 78.1 Å². The standard InChI is InChI=1S/C16H31N/c1-3-16(14-7-5-4-6-8-14)17-15-11-9-13(2)10-12-15/h13-17H,3-12H2,1-2H3. The molecular formula is C16H31N. The molecule has 2 aliphatic carbocycles. The predicted octanol–water partition coefficient (Wildman–Crippen LogP) is 4.51. The molecule has 0 aliphatic heterocycles. The second-order valence-corrected chi connectivity index (χ2v) is 6.54. The summed E-state index contributed by atoms with van der Waals surface area (Å²) in [7, 11) is 0. The highest BCUT2D eigenvalue weighted by Crippen LogP contribution is 2.30. The van der Waals surface area contributed by atoms with E-state index in [0.29, 0.717) is 0 Å². The third-order valence-electron chi connectivity index (χ3n) is 5.12. The highest BCUT2D eigenvalue weighted by Gasteiger charge is 2.26. The van der Waals surface area contributed by atoms with Crippen LogP contribution in [0.2, 0.25) is 0 Å². The topological polar surface area (TPSA) is 12.0 Å². The van der Waals surface area contributed by atoms with Crippen LogP contribution in [0.15, 0.2) is 0 Å². The number of rotatable bonds is 4. The van der Waals surface area contributed by atoms with Gasteiger partial charge in [-0.15, -0.1) is 0 Å². The van der Waals surface area contributed by atoms with E-state index >= 15 is 0 Å². The van der Waals surface area contributed by atoms with Crippen molar-refractivity contribution in [2.75, 3.05) is 0 Å². The lowest BCUT2D eigenvalue weighted by Crippen LogP contribution is -2.44. The SMILES string of the molecule is CCC(NC1CCC(C)CC1)C1CCCCC1. The van der Waals surface area contributed by atoms with Crippen LogP contribution in [0.4, 0.5) is 0 Å². The van der Waals surface area contributed by atoms with E-state index in [1.807, 2.05) is 0 Å². The highest BCUT2D eigenvalue weighted by molar-refractivity contribution is 4.84. The minimum absolute atomic E-state index is 0.814.